The molecule has 2 rings (SSSR count). The lowest BCUT2D eigenvalue weighted by Crippen LogP contribution is -2.26. The van der Waals surface area contributed by atoms with Crippen LogP contribution in [0.1, 0.15) is 18.0 Å². The van der Waals surface area contributed by atoms with Gasteiger partial charge in [-0.05, 0) is 50.3 Å². The summed E-state index contributed by atoms with van der Waals surface area (Å²) in [6.45, 7) is 0.999. The number of rotatable bonds is 6. The number of halogens is 1. The molecule has 0 bridgehead atoms. The fraction of sp³-hybridized carbons (Fsp3) is 0.333. The Bertz CT molecular complexity index is 537. The molecular formula is C18H23ClN2. The highest BCUT2D eigenvalue weighted by atomic mass is 35.5. The molecule has 0 saturated carbocycles. The van der Waals surface area contributed by atoms with Crippen LogP contribution in [0.3, 0.4) is 0 Å². The molecule has 0 spiro atoms. The van der Waals surface area contributed by atoms with Crippen molar-refractivity contribution in [1.29, 1.82) is 0 Å². The Balaban J connectivity index is 2.00. The van der Waals surface area contributed by atoms with Crippen molar-refractivity contribution < 1.29 is 0 Å². The van der Waals surface area contributed by atoms with E-state index in [9.17, 15) is 0 Å². The molecule has 1 atom stereocenters. The topological polar surface area (TPSA) is 6.48 Å². The first-order valence-corrected chi connectivity index (χ1v) is 7.64. The number of nitrogens with zero attached hydrogens (tertiary/aromatic N) is 2. The van der Waals surface area contributed by atoms with Crippen LogP contribution in [-0.2, 0) is 0 Å². The Labute approximate surface area is 133 Å². The van der Waals surface area contributed by atoms with Gasteiger partial charge in [0.05, 0.1) is 0 Å². The van der Waals surface area contributed by atoms with Crippen LogP contribution in [0.15, 0.2) is 54.6 Å². The molecule has 0 N–H and O–H groups in total. The average molecular weight is 303 g/mol. The van der Waals surface area contributed by atoms with Crippen LogP contribution in [0.2, 0.25) is 5.02 Å². The van der Waals surface area contributed by atoms with Crippen molar-refractivity contribution in [2.24, 2.45) is 0 Å². The first kappa shape index (κ1) is 15.9. The lowest BCUT2D eigenvalue weighted by Gasteiger charge is -2.28. The summed E-state index contributed by atoms with van der Waals surface area (Å²) in [5.41, 5.74) is 2.57. The van der Waals surface area contributed by atoms with E-state index in [4.69, 9.17) is 11.6 Å². The number of hydrogen-bond donors (Lipinski definition) is 0. The minimum absolute atomic E-state index is 0.431. The summed E-state index contributed by atoms with van der Waals surface area (Å²) >= 11 is 5.94. The quantitative estimate of drug-likeness (QED) is 0.777. The number of anilines is 1. The summed E-state index contributed by atoms with van der Waals surface area (Å²) in [6, 6.07) is 19.1. The third-order valence-corrected chi connectivity index (χ3v) is 4.07. The fourth-order valence-electron chi connectivity index (χ4n) is 2.54. The molecule has 0 radical (unpaired) electrons. The molecule has 21 heavy (non-hydrogen) atoms. The lowest BCUT2D eigenvalue weighted by molar-refractivity contribution is 0.286. The van der Waals surface area contributed by atoms with Crippen molar-refractivity contribution in [3.05, 3.63) is 65.2 Å². The van der Waals surface area contributed by atoms with Crippen molar-refractivity contribution in [3.8, 4) is 0 Å². The largest absolute Gasteiger partial charge is 0.375 e. The number of hydrogen-bond acceptors (Lipinski definition) is 2. The van der Waals surface area contributed by atoms with E-state index in [0.29, 0.717) is 6.04 Å². The van der Waals surface area contributed by atoms with E-state index in [1.54, 1.807) is 0 Å². The van der Waals surface area contributed by atoms with E-state index < -0.39 is 0 Å². The van der Waals surface area contributed by atoms with Crippen molar-refractivity contribution >= 4 is 17.3 Å². The molecule has 112 valence electrons. The van der Waals surface area contributed by atoms with Crippen molar-refractivity contribution in [2.75, 3.05) is 32.6 Å². The first-order valence-electron chi connectivity index (χ1n) is 7.26. The zero-order valence-electron chi connectivity index (χ0n) is 13.0. The minimum atomic E-state index is 0.431. The Morgan fingerprint density at radius 1 is 0.905 bits per heavy atom. The van der Waals surface area contributed by atoms with Crippen molar-refractivity contribution in [3.63, 3.8) is 0 Å². The molecule has 0 fully saturated rings. The van der Waals surface area contributed by atoms with Gasteiger partial charge in [0.2, 0.25) is 0 Å². The maximum absolute atomic E-state index is 5.94. The monoisotopic (exact) mass is 302 g/mol. The van der Waals surface area contributed by atoms with Crippen molar-refractivity contribution in [1.82, 2.24) is 4.90 Å². The number of benzene rings is 2. The van der Waals surface area contributed by atoms with Gasteiger partial charge in [-0.2, -0.15) is 0 Å². The van der Waals surface area contributed by atoms with Crippen molar-refractivity contribution in [2.45, 2.75) is 12.5 Å². The van der Waals surface area contributed by atoms with E-state index in [2.05, 4.69) is 73.4 Å². The maximum atomic E-state index is 5.94. The van der Waals surface area contributed by atoms with Crippen LogP contribution in [0, 0.1) is 0 Å². The average Bonchev–Trinajstić information content (AvgIpc) is 2.48. The predicted octanol–water partition coefficient (Wildman–Crippen LogP) is 4.47. The molecule has 2 nitrogen and oxygen atoms in total. The molecule has 0 aromatic heterocycles. The van der Waals surface area contributed by atoms with Gasteiger partial charge in [-0.15, -0.1) is 0 Å². The molecular weight excluding hydrogens is 280 g/mol. The molecule has 0 aliphatic rings. The van der Waals surface area contributed by atoms with Crippen LogP contribution in [0.5, 0.6) is 0 Å². The Morgan fingerprint density at radius 2 is 1.52 bits per heavy atom. The molecule has 0 saturated heterocycles. The standard InChI is InChI=1S/C18H23ClN2/c1-20(2)18(15-7-5-4-6-8-15)13-14-21(3)17-11-9-16(19)10-12-17/h4-12,18H,13-14H2,1-3H3. The third-order valence-electron chi connectivity index (χ3n) is 3.81. The first-order chi connectivity index (χ1) is 10.1. The summed E-state index contributed by atoms with van der Waals surface area (Å²) in [7, 11) is 6.40. The van der Waals surface area contributed by atoms with E-state index >= 15 is 0 Å². The van der Waals surface area contributed by atoms with Gasteiger partial charge in [-0.25, -0.2) is 0 Å². The van der Waals surface area contributed by atoms with Crippen LogP contribution in [0.4, 0.5) is 5.69 Å². The molecule has 0 aliphatic carbocycles. The molecule has 0 aliphatic heterocycles. The van der Waals surface area contributed by atoms with Crippen LogP contribution in [0.25, 0.3) is 0 Å². The second kappa shape index (κ2) is 7.48. The van der Waals surface area contributed by atoms with Gasteiger partial charge < -0.3 is 9.80 Å². The lowest BCUT2D eigenvalue weighted by atomic mass is 10.0. The van der Waals surface area contributed by atoms with Gasteiger partial charge in [0.1, 0.15) is 0 Å². The zero-order chi connectivity index (χ0) is 15.2. The summed E-state index contributed by atoms with van der Waals surface area (Å²) < 4.78 is 0. The summed E-state index contributed by atoms with van der Waals surface area (Å²) in [5, 5.41) is 0.780. The zero-order valence-corrected chi connectivity index (χ0v) is 13.7. The highest BCUT2D eigenvalue weighted by Gasteiger charge is 2.14. The second-order valence-corrected chi connectivity index (χ2v) is 6.01. The minimum Gasteiger partial charge on any atom is -0.375 e. The van der Waals surface area contributed by atoms with Gasteiger partial charge in [0.25, 0.3) is 0 Å². The summed E-state index contributed by atoms with van der Waals surface area (Å²) in [5.74, 6) is 0. The Hall–Kier alpha value is -1.51. The van der Waals surface area contributed by atoms with Gasteiger partial charge in [-0.1, -0.05) is 41.9 Å². The molecule has 0 amide bonds. The van der Waals surface area contributed by atoms with E-state index in [0.717, 1.165) is 18.0 Å². The highest BCUT2D eigenvalue weighted by molar-refractivity contribution is 6.30. The highest BCUT2D eigenvalue weighted by Crippen LogP contribution is 2.23. The predicted molar refractivity (Wildman–Crippen MR) is 92.2 cm³/mol. The smallest absolute Gasteiger partial charge is 0.0407 e. The molecule has 1 unspecified atom stereocenters. The summed E-state index contributed by atoms with van der Waals surface area (Å²) in [4.78, 5) is 4.56. The fourth-order valence-corrected chi connectivity index (χ4v) is 2.66. The van der Waals surface area contributed by atoms with Gasteiger partial charge in [0, 0.05) is 30.3 Å². The Kier molecular flexibility index (Phi) is 5.66. The van der Waals surface area contributed by atoms with Crippen LogP contribution < -0.4 is 4.90 Å². The van der Waals surface area contributed by atoms with Crippen LogP contribution >= 0.6 is 11.6 Å². The third kappa shape index (κ3) is 4.48. The van der Waals surface area contributed by atoms with Crippen LogP contribution in [-0.4, -0.2) is 32.6 Å². The van der Waals surface area contributed by atoms with E-state index in [-0.39, 0.29) is 0 Å². The molecule has 2 aromatic rings. The Morgan fingerprint density at radius 3 is 2.10 bits per heavy atom. The SMILES string of the molecule is CN(CCC(c1ccccc1)N(C)C)c1ccc(Cl)cc1. The molecule has 0 heterocycles. The van der Waals surface area contributed by atoms with Gasteiger partial charge >= 0.3 is 0 Å². The summed E-state index contributed by atoms with van der Waals surface area (Å²) in [6.07, 6.45) is 1.08. The van der Waals surface area contributed by atoms with Gasteiger partial charge in [-0.3, -0.25) is 0 Å². The van der Waals surface area contributed by atoms with E-state index in [1.165, 1.54) is 11.3 Å². The molecule has 3 heteroatoms. The van der Waals surface area contributed by atoms with Gasteiger partial charge in [0.15, 0.2) is 0 Å². The molecule has 2 aromatic carbocycles. The second-order valence-electron chi connectivity index (χ2n) is 5.58. The maximum Gasteiger partial charge on any atom is 0.0407 e. The van der Waals surface area contributed by atoms with E-state index in [1.807, 2.05) is 12.1 Å². The normalized spacial score (nSPS) is 12.4.